The van der Waals surface area contributed by atoms with Gasteiger partial charge in [0.25, 0.3) is 0 Å². The van der Waals surface area contributed by atoms with Crippen LogP contribution in [0.1, 0.15) is 30.9 Å². The number of hydrogen-bond donors (Lipinski definition) is 1. The Morgan fingerprint density at radius 1 is 1.35 bits per heavy atom. The Morgan fingerprint density at radius 3 is 2.65 bits per heavy atom. The van der Waals surface area contributed by atoms with E-state index in [-0.39, 0.29) is 17.5 Å². The van der Waals surface area contributed by atoms with Gasteiger partial charge in [-0.1, -0.05) is 43.2 Å². The van der Waals surface area contributed by atoms with Crippen molar-refractivity contribution < 1.29 is 8.42 Å². The number of benzene rings is 1. The first-order chi connectivity index (χ1) is 7.93. The summed E-state index contributed by atoms with van der Waals surface area (Å²) in [5.41, 5.74) is 7.70. The van der Waals surface area contributed by atoms with Crippen LogP contribution in [0.15, 0.2) is 24.3 Å². The third-order valence-electron chi connectivity index (χ3n) is 2.60. The molecule has 0 saturated carbocycles. The lowest BCUT2D eigenvalue weighted by Gasteiger charge is -2.11. The van der Waals surface area contributed by atoms with Gasteiger partial charge in [0.05, 0.1) is 11.5 Å². The average Bonchev–Trinajstić information content (AvgIpc) is 2.15. The molecule has 4 heteroatoms. The Bertz CT molecular complexity index is 454. The van der Waals surface area contributed by atoms with Crippen LogP contribution < -0.4 is 5.73 Å². The highest BCUT2D eigenvalue weighted by atomic mass is 32.2. The zero-order valence-corrected chi connectivity index (χ0v) is 11.3. The van der Waals surface area contributed by atoms with Crippen LogP contribution in [0, 0.1) is 6.92 Å². The molecule has 17 heavy (non-hydrogen) atoms. The summed E-state index contributed by atoms with van der Waals surface area (Å²) in [6.45, 7) is 3.96. The van der Waals surface area contributed by atoms with E-state index in [4.69, 9.17) is 5.73 Å². The third kappa shape index (κ3) is 5.33. The van der Waals surface area contributed by atoms with E-state index in [0.29, 0.717) is 0 Å². The minimum atomic E-state index is -3.10. The highest BCUT2D eigenvalue weighted by Gasteiger charge is 2.16. The molecular weight excluding hydrogens is 234 g/mol. The van der Waals surface area contributed by atoms with E-state index in [9.17, 15) is 8.42 Å². The lowest BCUT2D eigenvalue weighted by atomic mass is 10.2. The fourth-order valence-electron chi connectivity index (χ4n) is 1.90. The van der Waals surface area contributed by atoms with Gasteiger partial charge >= 0.3 is 0 Å². The van der Waals surface area contributed by atoms with Gasteiger partial charge in [0.15, 0.2) is 9.84 Å². The second-order valence-corrected chi connectivity index (χ2v) is 6.70. The van der Waals surface area contributed by atoms with Crippen LogP contribution in [0.5, 0.6) is 0 Å². The molecular formula is C13H21NO2S. The van der Waals surface area contributed by atoms with Crippen LogP contribution in [0.3, 0.4) is 0 Å². The summed E-state index contributed by atoms with van der Waals surface area (Å²) >= 11 is 0. The molecule has 1 atom stereocenters. The van der Waals surface area contributed by atoms with Crippen molar-refractivity contribution in [3.63, 3.8) is 0 Å². The Balaban J connectivity index is 2.67. The van der Waals surface area contributed by atoms with Crippen LogP contribution in [0.25, 0.3) is 0 Å². The van der Waals surface area contributed by atoms with Gasteiger partial charge in [0.1, 0.15) is 0 Å². The molecule has 96 valence electrons. The monoisotopic (exact) mass is 255 g/mol. The summed E-state index contributed by atoms with van der Waals surface area (Å²) in [4.78, 5) is 0. The molecule has 2 N–H and O–H groups in total. The zero-order chi connectivity index (χ0) is 12.9. The predicted molar refractivity (Wildman–Crippen MR) is 71.6 cm³/mol. The van der Waals surface area contributed by atoms with Crippen molar-refractivity contribution in [3.8, 4) is 0 Å². The van der Waals surface area contributed by atoms with Gasteiger partial charge < -0.3 is 5.73 Å². The quantitative estimate of drug-likeness (QED) is 0.846. The molecule has 3 nitrogen and oxygen atoms in total. The molecule has 1 unspecified atom stereocenters. The van der Waals surface area contributed by atoms with Gasteiger partial charge in [-0.3, -0.25) is 0 Å². The molecule has 0 aliphatic heterocycles. The highest BCUT2D eigenvalue weighted by Crippen LogP contribution is 2.10. The standard InChI is InChI=1S/C13H21NO2S/c1-3-5-13(14)10-17(15,16)9-12-7-4-6-11(2)8-12/h4,6-8,13H,3,5,9-10,14H2,1-2H3. The minimum Gasteiger partial charge on any atom is -0.327 e. The van der Waals surface area contributed by atoms with Crippen LogP contribution in [0.4, 0.5) is 0 Å². The van der Waals surface area contributed by atoms with E-state index in [0.717, 1.165) is 24.0 Å². The lowest BCUT2D eigenvalue weighted by molar-refractivity contribution is 0.576. The molecule has 0 fully saturated rings. The first kappa shape index (κ1) is 14.2. The van der Waals surface area contributed by atoms with Crippen molar-refractivity contribution in [3.05, 3.63) is 35.4 Å². The Hall–Kier alpha value is -0.870. The molecule has 0 saturated heterocycles. The van der Waals surface area contributed by atoms with Gasteiger partial charge in [-0.15, -0.1) is 0 Å². The highest BCUT2D eigenvalue weighted by molar-refractivity contribution is 7.90. The second kappa shape index (κ2) is 6.17. The molecule has 0 bridgehead atoms. The van der Waals surface area contributed by atoms with E-state index >= 15 is 0 Å². The zero-order valence-electron chi connectivity index (χ0n) is 10.5. The number of sulfone groups is 1. The topological polar surface area (TPSA) is 60.2 Å². The van der Waals surface area contributed by atoms with Gasteiger partial charge in [-0.25, -0.2) is 8.42 Å². The molecule has 0 heterocycles. The fourth-order valence-corrected chi connectivity index (χ4v) is 3.52. The van der Waals surface area contributed by atoms with E-state index in [2.05, 4.69) is 0 Å². The summed E-state index contributed by atoms with van der Waals surface area (Å²) < 4.78 is 23.8. The van der Waals surface area contributed by atoms with Crippen molar-refractivity contribution in [2.24, 2.45) is 5.73 Å². The molecule has 0 amide bonds. The van der Waals surface area contributed by atoms with Crippen molar-refractivity contribution in [2.75, 3.05) is 5.75 Å². The van der Waals surface area contributed by atoms with Crippen molar-refractivity contribution in [1.29, 1.82) is 0 Å². The number of hydrogen-bond acceptors (Lipinski definition) is 3. The normalized spacial score (nSPS) is 13.6. The maximum Gasteiger partial charge on any atom is 0.155 e. The van der Waals surface area contributed by atoms with E-state index in [1.807, 2.05) is 38.1 Å². The minimum absolute atomic E-state index is 0.0782. The maximum absolute atomic E-state index is 11.9. The third-order valence-corrected chi connectivity index (χ3v) is 4.31. The summed E-state index contributed by atoms with van der Waals surface area (Å²) in [6.07, 6.45) is 1.67. The Kier molecular flexibility index (Phi) is 5.15. The molecule has 0 spiro atoms. The number of nitrogens with two attached hydrogens (primary N) is 1. The summed E-state index contributed by atoms with van der Waals surface area (Å²) in [5.74, 6) is 0.168. The first-order valence-corrected chi connectivity index (χ1v) is 7.76. The van der Waals surface area contributed by atoms with Crippen LogP contribution >= 0.6 is 0 Å². The summed E-state index contributed by atoms with van der Waals surface area (Å²) in [7, 11) is -3.10. The van der Waals surface area contributed by atoms with Gasteiger partial charge in [0.2, 0.25) is 0 Å². The van der Waals surface area contributed by atoms with Crippen LogP contribution in [-0.4, -0.2) is 20.2 Å². The lowest BCUT2D eigenvalue weighted by Crippen LogP contribution is -2.30. The largest absolute Gasteiger partial charge is 0.327 e. The smallest absolute Gasteiger partial charge is 0.155 e. The van der Waals surface area contributed by atoms with Crippen molar-refractivity contribution in [1.82, 2.24) is 0 Å². The molecule has 0 radical (unpaired) electrons. The predicted octanol–water partition coefficient (Wildman–Crippen LogP) is 2.04. The fraction of sp³-hybridized carbons (Fsp3) is 0.538. The maximum atomic E-state index is 11.9. The summed E-state index contributed by atoms with van der Waals surface area (Å²) in [6, 6.07) is 7.35. The second-order valence-electron chi connectivity index (χ2n) is 4.59. The first-order valence-electron chi connectivity index (χ1n) is 5.94. The van der Waals surface area contributed by atoms with Crippen molar-refractivity contribution in [2.45, 2.75) is 38.5 Å². The molecule has 1 rings (SSSR count). The van der Waals surface area contributed by atoms with E-state index in [1.165, 1.54) is 0 Å². The molecule has 1 aromatic carbocycles. The molecule has 1 aromatic rings. The van der Waals surface area contributed by atoms with Gasteiger partial charge in [-0.2, -0.15) is 0 Å². The molecule has 0 aliphatic carbocycles. The van der Waals surface area contributed by atoms with Crippen LogP contribution in [-0.2, 0) is 15.6 Å². The van der Waals surface area contributed by atoms with Crippen LogP contribution in [0.2, 0.25) is 0 Å². The number of rotatable bonds is 6. The van der Waals surface area contributed by atoms with Gasteiger partial charge in [0, 0.05) is 6.04 Å². The van der Waals surface area contributed by atoms with Gasteiger partial charge in [-0.05, 0) is 18.9 Å². The average molecular weight is 255 g/mol. The number of aryl methyl sites for hydroxylation is 1. The molecule has 0 aliphatic rings. The molecule has 0 aromatic heterocycles. The summed E-state index contributed by atoms with van der Waals surface area (Å²) in [5, 5.41) is 0. The van der Waals surface area contributed by atoms with E-state index < -0.39 is 9.84 Å². The van der Waals surface area contributed by atoms with Crippen molar-refractivity contribution >= 4 is 9.84 Å². The Labute approximate surface area is 104 Å². The SMILES string of the molecule is CCCC(N)CS(=O)(=O)Cc1cccc(C)c1. The Morgan fingerprint density at radius 2 is 2.06 bits per heavy atom. The van der Waals surface area contributed by atoms with E-state index in [1.54, 1.807) is 0 Å².